The Hall–Kier alpha value is 0.400. The van der Waals surface area contributed by atoms with E-state index in [9.17, 15) is 22.9 Å². The second-order valence-corrected chi connectivity index (χ2v) is 4.36. The van der Waals surface area contributed by atoms with E-state index >= 15 is 0 Å². The van der Waals surface area contributed by atoms with Crippen molar-refractivity contribution in [2.24, 2.45) is 0 Å². The molecule has 0 aliphatic heterocycles. The van der Waals surface area contributed by atoms with Crippen molar-refractivity contribution in [2.45, 2.75) is 11.8 Å². The van der Waals surface area contributed by atoms with Gasteiger partial charge in [0.05, 0.1) is 10.9 Å². The maximum Gasteiger partial charge on any atom is 1.00 e. The van der Waals surface area contributed by atoms with Crippen LogP contribution in [0, 0.1) is 0 Å². The standard InChI is InChI=1S/C9H11NO5S.2Na/c1-2-10-8-4-3-6(16(13,14)15)5-7(8)9(11)12;;/h3-5,10H,2H2,1H3,(H,11,12)(H,13,14,15);;/q;2*+1/p-2. The average Bonchev–Trinajstić information content (AvgIpc) is 2.16. The predicted octanol–water partition coefficient (Wildman–Crippen LogP) is -6.61. The number of carbonyl (C=O) groups is 1. The summed E-state index contributed by atoms with van der Waals surface area (Å²) in [5.41, 5.74) is -0.131. The molecule has 0 atom stereocenters. The van der Waals surface area contributed by atoms with Gasteiger partial charge in [0.2, 0.25) is 0 Å². The first-order chi connectivity index (χ1) is 7.36. The Morgan fingerprint density at radius 2 is 1.89 bits per heavy atom. The molecule has 0 aromatic heterocycles. The number of hydrogen-bond donors (Lipinski definition) is 1. The van der Waals surface area contributed by atoms with Crippen LogP contribution in [0.4, 0.5) is 5.69 Å². The predicted molar refractivity (Wildman–Crippen MR) is 52.9 cm³/mol. The number of rotatable bonds is 4. The molecule has 0 aliphatic carbocycles. The largest absolute Gasteiger partial charge is 1.00 e. The Kier molecular flexibility index (Phi) is 9.83. The maximum atomic E-state index is 10.7. The van der Waals surface area contributed by atoms with Crippen molar-refractivity contribution in [2.75, 3.05) is 11.9 Å². The molecular formula is C9H9NNa2O5S. The quantitative estimate of drug-likeness (QED) is 0.436. The number of carboxylic acids is 1. The number of hydrogen-bond acceptors (Lipinski definition) is 6. The summed E-state index contributed by atoms with van der Waals surface area (Å²) in [6.45, 7) is 2.21. The number of anilines is 1. The van der Waals surface area contributed by atoms with E-state index in [0.29, 0.717) is 6.54 Å². The van der Waals surface area contributed by atoms with Crippen molar-refractivity contribution in [1.82, 2.24) is 0 Å². The van der Waals surface area contributed by atoms with E-state index < -0.39 is 21.0 Å². The summed E-state index contributed by atoms with van der Waals surface area (Å²) in [4.78, 5) is 10.1. The Morgan fingerprint density at radius 3 is 2.28 bits per heavy atom. The average molecular weight is 289 g/mol. The first kappa shape index (κ1) is 20.7. The fourth-order valence-corrected chi connectivity index (χ4v) is 1.69. The zero-order valence-corrected chi connectivity index (χ0v) is 15.2. The van der Waals surface area contributed by atoms with Gasteiger partial charge in [-0.2, -0.15) is 0 Å². The van der Waals surface area contributed by atoms with E-state index in [-0.39, 0.29) is 70.4 Å². The normalized spacial score (nSPS) is 9.89. The molecule has 88 valence electrons. The third-order valence-corrected chi connectivity index (χ3v) is 2.70. The van der Waals surface area contributed by atoms with Crippen LogP contribution in [-0.2, 0) is 10.1 Å². The minimum absolute atomic E-state index is 0. The zero-order valence-electron chi connectivity index (χ0n) is 10.4. The van der Waals surface area contributed by atoms with E-state index in [1.807, 2.05) is 0 Å². The molecule has 1 aromatic rings. The maximum absolute atomic E-state index is 10.7. The van der Waals surface area contributed by atoms with Crippen molar-refractivity contribution in [3.8, 4) is 0 Å². The molecule has 0 bridgehead atoms. The summed E-state index contributed by atoms with van der Waals surface area (Å²) in [7, 11) is -4.66. The van der Waals surface area contributed by atoms with Gasteiger partial charge in [-0.3, -0.25) is 0 Å². The molecule has 18 heavy (non-hydrogen) atoms. The molecule has 0 radical (unpaired) electrons. The smallest absolute Gasteiger partial charge is 0.744 e. The van der Waals surface area contributed by atoms with Gasteiger partial charge < -0.3 is 19.8 Å². The van der Waals surface area contributed by atoms with Gasteiger partial charge in [0.1, 0.15) is 10.1 Å². The van der Waals surface area contributed by atoms with E-state index in [1.165, 1.54) is 6.07 Å². The first-order valence-electron chi connectivity index (χ1n) is 4.41. The van der Waals surface area contributed by atoms with Gasteiger partial charge in [-0.1, -0.05) is 0 Å². The molecule has 0 aliphatic rings. The molecule has 1 aromatic carbocycles. The van der Waals surface area contributed by atoms with Crippen molar-refractivity contribution >= 4 is 21.8 Å². The Bertz CT molecular complexity index is 518. The van der Waals surface area contributed by atoms with Crippen molar-refractivity contribution in [3.05, 3.63) is 23.8 Å². The van der Waals surface area contributed by atoms with Crippen LogP contribution in [0.15, 0.2) is 23.1 Å². The van der Waals surface area contributed by atoms with Gasteiger partial charge in [-0.25, -0.2) is 8.42 Å². The van der Waals surface area contributed by atoms with Gasteiger partial charge in [0, 0.05) is 17.8 Å². The molecule has 0 fully saturated rings. The van der Waals surface area contributed by atoms with Crippen LogP contribution in [0.5, 0.6) is 0 Å². The minimum atomic E-state index is -4.66. The number of benzene rings is 1. The van der Waals surface area contributed by atoms with Gasteiger partial charge in [-0.05, 0) is 25.1 Å². The van der Waals surface area contributed by atoms with Crippen LogP contribution < -0.4 is 69.5 Å². The summed E-state index contributed by atoms with van der Waals surface area (Å²) >= 11 is 0. The van der Waals surface area contributed by atoms with E-state index in [0.717, 1.165) is 12.1 Å². The molecular weight excluding hydrogens is 280 g/mol. The Balaban J connectivity index is 0. The van der Waals surface area contributed by atoms with Crippen LogP contribution >= 0.6 is 0 Å². The third kappa shape index (κ3) is 5.58. The number of aromatic carboxylic acids is 1. The Labute approximate surface area is 149 Å². The van der Waals surface area contributed by atoms with Crippen molar-refractivity contribution in [1.29, 1.82) is 0 Å². The minimum Gasteiger partial charge on any atom is -0.744 e. The summed E-state index contributed by atoms with van der Waals surface area (Å²) in [5.74, 6) is -1.54. The molecule has 1 rings (SSSR count). The van der Waals surface area contributed by atoms with Crippen LogP contribution in [0.1, 0.15) is 17.3 Å². The Morgan fingerprint density at radius 1 is 1.33 bits per heavy atom. The van der Waals surface area contributed by atoms with Gasteiger partial charge >= 0.3 is 59.1 Å². The fraction of sp³-hybridized carbons (Fsp3) is 0.222. The molecule has 1 N–H and O–H groups in total. The SMILES string of the molecule is CCNc1ccc(S(=O)(=O)[O-])cc1C(=O)[O-].[Na+].[Na+]. The second-order valence-electron chi connectivity index (χ2n) is 2.98. The van der Waals surface area contributed by atoms with E-state index in [1.54, 1.807) is 6.92 Å². The number of carbonyl (C=O) groups excluding carboxylic acids is 1. The molecule has 0 unspecified atom stereocenters. The van der Waals surface area contributed by atoms with Crippen LogP contribution in [0.25, 0.3) is 0 Å². The second kappa shape index (κ2) is 8.55. The van der Waals surface area contributed by atoms with E-state index in [2.05, 4.69) is 5.32 Å². The molecule has 6 nitrogen and oxygen atoms in total. The molecule has 0 spiro atoms. The molecule has 0 amide bonds. The summed E-state index contributed by atoms with van der Waals surface area (Å²) in [6.07, 6.45) is 0. The monoisotopic (exact) mass is 289 g/mol. The van der Waals surface area contributed by atoms with Crippen LogP contribution in [0.2, 0.25) is 0 Å². The van der Waals surface area contributed by atoms with Crippen LogP contribution in [0.3, 0.4) is 0 Å². The summed E-state index contributed by atoms with van der Waals surface area (Å²) in [5, 5.41) is 13.4. The van der Waals surface area contributed by atoms with Gasteiger partial charge in [0.25, 0.3) is 0 Å². The number of carboxylic acid groups (broad SMARTS) is 1. The molecule has 9 heteroatoms. The van der Waals surface area contributed by atoms with Gasteiger partial charge in [-0.15, -0.1) is 0 Å². The van der Waals surface area contributed by atoms with Crippen LogP contribution in [-0.4, -0.2) is 25.5 Å². The third-order valence-electron chi connectivity index (χ3n) is 1.87. The van der Waals surface area contributed by atoms with Gasteiger partial charge in [0.15, 0.2) is 0 Å². The summed E-state index contributed by atoms with van der Waals surface area (Å²) in [6, 6.07) is 3.06. The van der Waals surface area contributed by atoms with Crippen molar-refractivity contribution < 1.29 is 82.0 Å². The molecule has 0 saturated heterocycles. The number of nitrogens with one attached hydrogen (secondary N) is 1. The van der Waals surface area contributed by atoms with Crippen molar-refractivity contribution in [3.63, 3.8) is 0 Å². The molecule has 0 heterocycles. The fourth-order valence-electron chi connectivity index (χ4n) is 1.19. The van der Waals surface area contributed by atoms with E-state index in [4.69, 9.17) is 0 Å². The topological polar surface area (TPSA) is 109 Å². The summed E-state index contributed by atoms with van der Waals surface area (Å²) < 4.78 is 32.1. The molecule has 0 saturated carbocycles. The zero-order chi connectivity index (χ0) is 12.3. The first-order valence-corrected chi connectivity index (χ1v) is 5.82.